The molecule has 0 radical (unpaired) electrons. The summed E-state index contributed by atoms with van der Waals surface area (Å²) in [6.07, 6.45) is 1.95. The average molecular weight is 290 g/mol. The fourth-order valence-electron chi connectivity index (χ4n) is 3.04. The van der Waals surface area contributed by atoms with Crippen LogP contribution >= 0.6 is 0 Å². The van der Waals surface area contributed by atoms with E-state index in [0.717, 1.165) is 6.42 Å². The predicted molar refractivity (Wildman–Crippen MR) is 74.2 cm³/mol. The smallest absolute Gasteiger partial charge is 0.290 e. The number of Topliss-reactive ketones (excluding diaryl/α,β-unsaturated/α-hetero) is 1. The van der Waals surface area contributed by atoms with Crippen LogP contribution in [0.3, 0.4) is 0 Å². The van der Waals surface area contributed by atoms with Crippen molar-refractivity contribution in [2.24, 2.45) is 0 Å². The molecule has 0 bridgehead atoms. The second kappa shape index (κ2) is 5.02. The Morgan fingerprint density at radius 2 is 2.10 bits per heavy atom. The van der Waals surface area contributed by atoms with Crippen molar-refractivity contribution in [3.63, 3.8) is 0 Å². The Bertz CT molecular complexity index is 632. The van der Waals surface area contributed by atoms with Crippen LogP contribution in [-0.2, 0) is 11.2 Å². The molecule has 6 heteroatoms. The van der Waals surface area contributed by atoms with Gasteiger partial charge in [-0.05, 0) is 20.3 Å². The van der Waals surface area contributed by atoms with Crippen LogP contribution in [0.15, 0.2) is 4.42 Å². The molecule has 1 N–H and O–H groups in total. The van der Waals surface area contributed by atoms with E-state index in [1.807, 2.05) is 0 Å². The highest BCUT2D eigenvalue weighted by Crippen LogP contribution is 2.30. The van der Waals surface area contributed by atoms with Gasteiger partial charge in [-0.15, -0.1) is 0 Å². The van der Waals surface area contributed by atoms with Crippen LogP contribution < -0.4 is 5.32 Å². The summed E-state index contributed by atoms with van der Waals surface area (Å²) < 4.78 is 5.66. The second-order valence-electron chi connectivity index (χ2n) is 5.60. The van der Waals surface area contributed by atoms with Gasteiger partial charge >= 0.3 is 0 Å². The number of hydrogen-bond acceptors (Lipinski definition) is 4. The lowest BCUT2D eigenvalue weighted by molar-refractivity contribution is -0.127. The highest BCUT2D eigenvalue weighted by molar-refractivity contribution is 6.04. The van der Waals surface area contributed by atoms with E-state index in [4.69, 9.17) is 4.42 Å². The number of fused-ring (bicyclic) bond motifs is 1. The maximum atomic E-state index is 12.6. The topological polar surface area (TPSA) is 79.6 Å². The summed E-state index contributed by atoms with van der Waals surface area (Å²) in [5.74, 6) is 0.385. The molecular formula is C15H18N2O4. The van der Waals surface area contributed by atoms with Gasteiger partial charge < -0.3 is 14.6 Å². The van der Waals surface area contributed by atoms with Crippen molar-refractivity contribution in [2.75, 3.05) is 13.1 Å². The highest BCUT2D eigenvalue weighted by atomic mass is 16.4. The van der Waals surface area contributed by atoms with Gasteiger partial charge in [0.25, 0.3) is 5.91 Å². The fourth-order valence-corrected chi connectivity index (χ4v) is 3.04. The number of amides is 2. The van der Waals surface area contributed by atoms with Crippen molar-refractivity contribution in [3.05, 3.63) is 22.6 Å². The Kier molecular flexibility index (Phi) is 3.31. The molecule has 1 aromatic rings. The molecule has 1 aliphatic carbocycles. The number of carbonyl (C=O) groups excluding carboxylic acids is 3. The molecule has 21 heavy (non-hydrogen) atoms. The molecule has 0 saturated carbocycles. The average Bonchev–Trinajstić information content (AvgIpc) is 2.80. The zero-order valence-corrected chi connectivity index (χ0v) is 12.2. The molecule has 1 atom stereocenters. The number of rotatable bonds is 1. The Morgan fingerprint density at radius 1 is 1.33 bits per heavy atom. The van der Waals surface area contributed by atoms with Crippen LogP contribution in [-0.4, -0.2) is 41.6 Å². The van der Waals surface area contributed by atoms with Gasteiger partial charge in [0.05, 0.1) is 5.56 Å². The lowest BCUT2D eigenvalue weighted by atomic mass is 9.94. The normalized spacial score (nSPS) is 22.0. The van der Waals surface area contributed by atoms with E-state index in [2.05, 4.69) is 5.32 Å². The SMILES string of the molecule is Cc1c(C(=O)N2CCNC(=O)C2C)oc2c1C(=O)CCC2. The van der Waals surface area contributed by atoms with Crippen molar-refractivity contribution in [2.45, 2.75) is 39.2 Å². The Morgan fingerprint density at radius 3 is 2.81 bits per heavy atom. The van der Waals surface area contributed by atoms with E-state index < -0.39 is 6.04 Å². The van der Waals surface area contributed by atoms with Crippen molar-refractivity contribution in [1.82, 2.24) is 10.2 Å². The van der Waals surface area contributed by atoms with Gasteiger partial charge in [0.15, 0.2) is 11.5 Å². The van der Waals surface area contributed by atoms with Crippen molar-refractivity contribution < 1.29 is 18.8 Å². The third-order valence-electron chi connectivity index (χ3n) is 4.26. The third-order valence-corrected chi connectivity index (χ3v) is 4.26. The van der Waals surface area contributed by atoms with Gasteiger partial charge in [-0.2, -0.15) is 0 Å². The highest BCUT2D eigenvalue weighted by Gasteiger charge is 2.35. The van der Waals surface area contributed by atoms with E-state index in [1.54, 1.807) is 13.8 Å². The van der Waals surface area contributed by atoms with E-state index in [1.165, 1.54) is 4.90 Å². The molecule has 1 saturated heterocycles. The number of hydrogen-bond donors (Lipinski definition) is 1. The number of carbonyl (C=O) groups is 3. The van der Waals surface area contributed by atoms with E-state index in [9.17, 15) is 14.4 Å². The maximum Gasteiger partial charge on any atom is 0.290 e. The minimum Gasteiger partial charge on any atom is -0.455 e. The van der Waals surface area contributed by atoms with Crippen molar-refractivity contribution >= 4 is 17.6 Å². The monoisotopic (exact) mass is 290 g/mol. The number of piperazine rings is 1. The van der Waals surface area contributed by atoms with Gasteiger partial charge in [-0.1, -0.05) is 0 Å². The minimum atomic E-state index is -0.525. The van der Waals surface area contributed by atoms with Gasteiger partial charge in [0.1, 0.15) is 11.8 Å². The van der Waals surface area contributed by atoms with Crippen LogP contribution in [0.1, 0.15) is 52.0 Å². The summed E-state index contributed by atoms with van der Waals surface area (Å²) in [5.41, 5.74) is 1.18. The molecule has 2 heterocycles. The molecule has 112 valence electrons. The molecule has 1 aliphatic heterocycles. The van der Waals surface area contributed by atoms with Crippen LogP contribution in [0.2, 0.25) is 0 Å². The second-order valence-corrected chi connectivity index (χ2v) is 5.60. The van der Waals surface area contributed by atoms with E-state index in [0.29, 0.717) is 42.8 Å². The van der Waals surface area contributed by atoms with Gasteiger partial charge in [0.2, 0.25) is 5.91 Å². The van der Waals surface area contributed by atoms with Gasteiger partial charge in [-0.3, -0.25) is 14.4 Å². The third kappa shape index (κ3) is 2.14. The number of nitrogens with zero attached hydrogens (tertiary/aromatic N) is 1. The van der Waals surface area contributed by atoms with E-state index in [-0.39, 0.29) is 23.4 Å². The molecule has 1 fully saturated rings. The zero-order chi connectivity index (χ0) is 15.1. The van der Waals surface area contributed by atoms with Crippen molar-refractivity contribution in [3.8, 4) is 0 Å². The molecular weight excluding hydrogens is 272 g/mol. The summed E-state index contributed by atoms with van der Waals surface area (Å²) in [6, 6.07) is -0.525. The Labute approximate surface area is 122 Å². The molecule has 3 rings (SSSR count). The quantitative estimate of drug-likeness (QED) is 0.839. The van der Waals surface area contributed by atoms with Gasteiger partial charge in [0, 0.05) is 31.5 Å². The summed E-state index contributed by atoms with van der Waals surface area (Å²) in [6.45, 7) is 4.32. The molecule has 0 spiro atoms. The largest absolute Gasteiger partial charge is 0.455 e. The lowest BCUT2D eigenvalue weighted by Crippen LogP contribution is -2.55. The fraction of sp³-hybridized carbons (Fsp3) is 0.533. The Balaban J connectivity index is 1.95. The maximum absolute atomic E-state index is 12.6. The predicted octanol–water partition coefficient (Wildman–Crippen LogP) is 1.07. The Hall–Kier alpha value is -2.11. The molecule has 6 nitrogen and oxygen atoms in total. The van der Waals surface area contributed by atoms with Crippen molar-refractivity contribution in [1.29, 1.82) is 0 Å². The standard InChI is InChI=1S/C15H18N2O4/c1-8-12-10(18)4-3-5-11(12)21-13(8)15(20)17-7-6-16-14(19)9(17)2/h9H,3-7H2,1-2H3,(H,16,19). The summed E-state index contributed by atoms with van der Waals surface area (Å²) >= 11 is 0. The first-order valence-electron chi connectivity index (χ1n) is 7.25. The zero-order valence-electron chi connectivity index (χ0n) is 12.2. The van der Waals surface area contributed by atoms with Crippen LogP contribution in [0, 0.1) is 6.92 Å². The summed E-state index contributed by atoms with van der Waals surface area (Å²) in [4.78, 5) is 37.8. The molecule has 1 unspecified atom stereocenters. The first-order valence-corrected chi connectivity index (χ1v) is 7.25. The number of ketones is 1. The minimum absolute atomic E-state index is 0.0426. The molecule has 2 aliphatic rings. The first kappa shape index (κ1) is 13.9. The van der Waals surface area contributed by atoms with E-state index >= 15 is 0 Å². The van der Waals surface area contributed by atoms with Crippen LogP contribution in [0.25, 0.3) is 0 Å². The van der Waals surface area contributed by atoms with Crippen LogP contribution in [0.4, 0.5) is 0 Å². The number of aryl methyl sites for hydroxylation is 1. The summed E-state index contributed by atoms with van der Waals surface area (Å²) in [7, 11) is 0. The number of nitrogens with one attached hydrogen (secondary N) is 1. The lowest BCUT2D eigenvalue weighted by Gasteiger charge is -2.32. The molecule has 2 amide bonds. The summed E-state index contributed by atoms with van der Waals surface area (Å²) in [5, 5.41) is 2.72. The molecule has 0 aromatic carbocycles. The van der Waals surface area contributed by atoms with Crippen LogP contribution in [0.5, 0.6) is 0 Å². The molecule has 1 aromatic heterocycles. The first-order chi connectivity index (χ1) is 10.0. The number of furan rings is 1. The van der Waals surface area contributed by atoms with Gasteiger partial charge in [-0.25, -0.2) is 0 Å².